The van der Waals surface area contributed by atoms with Crippen molar-refractivity contribution in [2.45, 2.75) is 18.9 Å². The van der Waals surface area contributed by atoms with Gasteiger partial charge in [0.15, 0.2) is 5.82 Å². The van der Waals surface area contributed by atoms with E-state index in [-0.39, 0.29) is 24.6 Å². The fourth-order valence-electron chi connectivity index (χ4n) is 1.28. The van der Waals surface area contributed by atoms with Crippen LogP contribution in [0.3, 0.4) is 0 Å². The molecule has 3 N–H and O–H groups in total. The Kier molecular flexibility index (Phi) is 4.03. The number of anilines is 1. The van der Waals surface area contributed by atoms with Gasteiger partial charge in [-0.15, -0.1) is 0 Å². The maximum Gasteiger partial charge on any atom is 0.293 e. The maximum atomic E-state index is 11.7. The van der Waals surface area contributed by atoms with Gasteiger partial charge in [0, 0.05) is 19.4 Å². The van der Waals surface area contributed by atoms with Crippen molar-refractivity contribution >= 4 is 5.82 Å². The molecule has 1 aromatic rings. The number of rotatable bonds is 5. The number of hydrogen-bond acceptors (Lipinski definition) is 5. The van der Waals surface area contributed by atoms with Crippen molar-refractivity contribution in [3.63, 3.8) is 0 Å². The zero-order valence-corrected chi connectivity index (χ0v) is 9.47. The fourth-order valence-corrected chi connectivity index (χ4v) is 1.28. The lowest BCUT2D eigenvalue weighted by Crippen LogP contribution is -2.47. The second-order valence-corrected chi connectivity index (χ2v) is 3.77. The van der Waals surface area contributed by atoms with Crippen molar-refractivity contribution in [1.82, 2.24) is 9.55 Å². The molecule has 0 saturated carbocycles. The second kappa shape index (κ2) is 5.09. The van der Waals surface area contributed by atoms with Gasteiger partial charge in [-0.2, -0.15) is 0 Å². The Morgan fingerprint density at radius 1 is 1.50 bits per heavy atom. The van der Waals surface area contributed by atoms with Gasteiger partial charge in [0.2, 0.25) is 0 Å². The first kappa shape index (κ1) is 12.7. The topological polar surface area (TPSA) is 87.4 Å². The van der Waals surface area contributed by atoms with Crippen LogP contribution >= 0.6 is 0 Å². The van der Waals surface area contributed by atoms with Crippen molar-refractivity contribution in [2.24, 2.45) is 7.05 Å². The fraction of sp³-hybridized carbons (Fsp3) is 0.600. The van der Waals surface area contributed by atoms with Gasteiger partial charge in [0.05, 0.1) is 18.8 Å². The van der Waals surface area contributed by atoms with Crippen LogP contribution < -0.4 is 10.9 Å². The van der Waals surface area contributed by atoms with Gasteiger partial charge < -0.3 is 20.1 Å². The Morgan fingerprint density at radius 2 is 2.12 bits per heavy atom. The number of aromatic nitrogens is 2. The first-order chi connectivity index (χ1) is 7.58. The van der Waals surface area contributed by atoms with Crippen LogP contribution in [-0.2, 0) is 7.05 Å². The summed E-state index contributed by atoms with van der Waals surface area (Å²) in [5.41, 5.74) is -1.19. The van der Waals surface area contributed by atoms with Crippen LogP contribution in [0.1, 0.15) is 13.3 Å². The summed E-state index contributed by atoms with van der Waals surface area (Å²) >= 11 is 0. The third-order valence-corrected chi connectivity index (χ3v) is 2.68. The molecule has 0 aliphatic rings. The smallest absolute Gasteiger partial charge is 0.293 e. The highest BCUT2D eigenvalue weighted by atomic mass is 16.3. The monoisotopic (exact) mass is 227 g/mol. The summed E-state index contributed by atoms with van der Waals surface area (Å²) in [7, 11) is 1.61. The summed E-state index contributed by atoms with van der Waals surface area (Å²) in [5, 5.41) is 21.3. The third kappa shape index (κ3) is 2.40. The van der Waals surface area contributed by atoms with Gasteiger partial charge in [-0.25, -0.2) is 4.98 Å². The van der Waals surface area contributed by atoms with Gasteiger partial charge in [-0.05, 0) is 6.42 Å². The van der Waals surface area contributed by atoms with Crippen molar-refractivity contribution < 1.29 is 10.2 Å². The molecule has 0 unspecified atom stereocenters. The number of aliphatic hydroxyl groups excluding tert-OH is 2. The van der Waals surface area contributed by atoms with Gasteiger partial charge in [0.25, 0.3) is 5.56 Å². The lowest BCUT2D eigenvalue weighted by molar-refractivity contribution is 0.132. The van der Waals surface area contributed by atoms with Gasteiger partial charge in [0.1, 0.15) is 0 Å². The average molecular weight is 227 g/mol. The number of hydrogen-bond donors (Lipinski definition) is 3. The van der Waals surface area contributed by atoms with E-state index in [2.05, 4.69) is 10.3 Å². The first-order valence-electron chi connectivity index (χ1n) is 5.10. The number of aryl methyl sites for hydroxylation is 1. The number of nitrogens with one attached hydrogen (secondary N) is 1. The highest BCUT2D eigenvalue weighted by Gasteiger charge is 2.27. The van der Waals surface area contributed by atoms with Crippen LogP contribution in [0.4, 0.5) is 5.82 Å². The standard InChI is InChI=1S/C10H17N3O3/c1-3-10(6-14,7-15)12-8-9(16)13(2)5-4-11-8/h4-5,14-15H,3,6-7H2,1-2H3,(H,11,12). The molecule has 1 aromatic heterocycles. The Morgan fingerprint density at radius 3 is 2.62 bits per heavy atom. The van der Waals surface area contributed by atoms with Crippen LogP contribution in [0.5, 0.6) is 0 Å². The van der Waals surface area contributed by atoms with E-state index >= 15 is 0 Å². The van der Waals surface area contributed by atoms with E-state index in [9.17, 15) is 15.0 Å². The van der Waals surface area contributed by atoms with E-state index in [1.54, 1.807) is 13.2 Å². The highest BCUT2D eigenvalue weighted by Crippen LogP contribution is 2.13. The van der Waals surface area contributed by atoms with Gasteiger partial charge >= 0.3 is 0 Å². The third-order valence-electron chi connectivity index (χ3n) is 2.68. The molecule has 16 heavy (non-hydrogen) atoms. The summed E-state index contributed by atoms with van der Waals surface area (Å²) in [4.78, 5) is 15.6. The minimum Gasteiger partial charge on any atom is -0.394 e. The maximum absolute atomic E-state index is 11.7. The van der Waals surface area contributed by atoms with Crippen LogP contribution in [0.2, 0.25) is 0 Å². The zero-order valence-electron chi connectivity index (χ0n) is 9.47. The molecule has 0 atom stereocenters. The zero-order chi connectivity index (χ0) is 12.2. The predicted molar refractivity (Wildman–Crippen MR) is 60.3 cm³/mol. The summed E-state index contributed by atoms with van der Waals surface area (Å²) in [6, 6.07) is 0. The number of aliphatic hydroxyl groups is 2. The minimum absolute atomic E-state index is 0.134. The lowest BCUT2D eigenvalue weighted by Gasteiger charge is -2.29. The second-order valence-electron chi connectivity index (χ2n) is 3.77. The molecular formula is C10H17N3O3. The summed E-state index contributed by atoms with van der Waals surface area (Å²) in [5.74, 6) is 0.134. The molecule has 0 fully saturated rings. The quantitative estimate of drug-likeness (QED) is 0.620. The minimum atomic E-state index is -0.902. The molecule has 0 radical (unpaired) electrons. The Hall–Kier alpha value is -1.40. The van der Waals surface area contributed by atoms with Crippen molar-refractivity contribution in [3.05, 3.63) is 22.7 Å². The Bertz CT molecular complexity index is 390. The van der Waals surface area contributed by atoms with E-state index in [1.807, 2.05) is 6.92 Å². The van der Waals surface area contributed by atoms with E-state index in [0.29, 0.717) is 6.42 Å². The molecule has 1 heterocycles. The molecule has 0 aliphatic heterocycles. The predicted octanol–water partition coefficient (Wildman–Crippen LogP) is -0.674. The van der Waals surface area contributed by atoms with Crippen molar-refractivity contribution in [1.29, 1.82) is 0 Å². The van der Waals surface area contributed by atoms with E-state index in [1.165, 1.54) is 10.8 Å². The first-order valence-corrected chi connectivity index (χ1v) is 5.10. The van der Waals surface area contributed by atoms with Crippen LogP contribution in [0.15, 0.2) is 17.2 Å². The Balaban J connectivity index is 3.03. The lowest BCUT2D eigenvalue weighted by atomic mass is 9.99. The molecule has 0 amide bonds. The summed E-state index contributed by atoms with van der Waals surface area (Å²) in [6.45, 7) is 1.28. The van der Waals surface area contributed by atoms with Gasteiger partial charge in [-0.1, -0.05) is 6.92 Å². The molecule has 0 aromatic carbocycles. The molecule has 0 saturated heterocycles. The van der Waals surface area contributed by atoms with Crippen LogP contribution in [0.25, 0.3) is 0 Å². The number of nitrogens with zero attached hydrogens (tertiary/aromatic N) is 2. The van der Waals surface area contributed by atoms with E-state index in [4.69, 9.17) is 0 Å². The molecule has 1 rings (SSSR count). The molecule has 6 heteroatoms. The SMILES string of the molecule is CCC(CO)(CO)Nc1nccn(C)c1=O. The molecule has 90 valence electrons. The highest BCUT2D eigenvalue weighted by molar-refractivity contribution is 5.35. The average Bonchev–Trinajstić information content (AvgIpc) is 2.32. The van der Waals surface area contributed by atoms with Gasteiger partial charge in [-0.3, -0.25) is 4.79 Å². The molecule has 0 bridgehead atoms. The molecule has 0 spiro atoms. The van der Waals surface area contributed by atoms with Crippen LogP contribution in [0, 0.1) is 0 Å². The van der Waals surface area contributed by atoms with Crippen molar-refractivity contribution in [3.8, 4) is 0 Å². The molecule has 6 nitrogen and oxygen atoms in total. The van der Waals surface area contributed by atoms with Crippen LogP contribution in [-0.4, -0.2) is 38.5 Å². The molecular weight excluding hydrogens is 210 g/mol. The normalized spacial score (nSPS) is 11.5. The van der Waals surface area contributed by atoms with E-state index in [0.717, 1.165) is 0 Å². The Labute approximate surface area is 93.6 Å². The molecule has 0 aliphatic carbocycles. The summed E-state index contributed by atoms with van der Waals surface area (Å²) in [6.07, 6.45) is 3.51. The summed E-state index contributed by atoms with van der Waals surface area (Å²) < 4.78 is 1.38. The largest absolute Gasteiger partial charge is 0.394 e. The van der Waals surface area contributed by atoms with Crippen molar-refractivity contribution in [2.75, 3.05) is 18.5 Å². The van der Waals surface area contributed by atoms with E-state index < -0.39 is 5.54 Å².